The van der Waals surface area contributed by atoms with Gasteiger partial charge in [-0.15, -0.1) is 0 Å². The van der Waals surface area contributed by atoms with E-state index in [9.17, 15) is 0 Å². The van der Waals surface area contributed by atoms with Gasteiger partial charge in [0.25, 0.3) is 0 Å². The van der Waals surface area contributed by atoms with Crippen molar-refractivity contribution in [3.05, 3.63) is 25.2 Å². The summed E-state index contributed by atoms with van der Waals surface area (Å²) in [4.78, 5) is 0. The Bertz CT molecular complexity index is 116. The van der Waals surface area contributed by atoms with Crippen LogP contribution in [0.2, 0.25) is 0 Å². The first-order valence-corrected chi connectivity index (χ1v) is 4.26. The minimum absolute atomic E-state index is 0.830. The van der Waals surface area contributed by atoms with Gasteiger partial charge in [-0.25, -0.2) is 0 Å². The highest BCUT2D eigenvalue weighted by Gasteiger charge is 1.92. The molecule has 0 radical (unpaired) electrons. The van der Waals surface area contributed by atoms with Crippen LogP contribution in [0.3, 0.4) is 0 Å². The summed E-state index contributed by atoms with van der Waals surface area (Å²) in [7, 11) is 0. The van der Waals surface area contributed by atoms with Gasteiger partial charge in [-0.3, -0.25) is 0 Å². The van der Waals surface area contributed by atoms with Crippen molar-refractivity contribution < 1.29 is 4.74 Å². The van der Waals surface area contributed by atoms with Crippen LogP contribution in [0.15, 0.2) is 25.2 Å². The first-order chi connectivity index (χ1) is 5.31. The van der Waals surface area contributed by atoms with Gasteiger partial charge < -0.3 is 4.74 Å². The number of hydrogen-bond donors (Lipinski definition) is 0. The summed E-state index contributed by atoms with van der Waals surface area (Å²) in [5.74, 6) is 0.830. The monoisotopic (exact) mass is 154 g/mol. The average molecular weight is 154 g/mol. The molecule has 0 saturated carbocycles. The van der Waals surface area contributed by atoms with Gasteiger partial charge in [0.2, 0.25) is 0 Å². The van der Waals surface area contributed by atoms with Crippen LogP contribution in [-0.2, 0) is 4.74 Å². The Hall–Kier alpha value is -0.720. The van der Waals surface area contributed by atoms with Gasteiger partial charge in [-0.1, -0.05) is 39.3 Å². The minimum Gasteiger partial charge on any atom is -0.471 e. The van der Waals surface area contributed by atoms with Crippen LogP contribution < -0.4 is 0 Å². The second kappa shape index (κ2) is 7.39. The van der Waals surface area contributed by atoms with E-state index < -0.39 is 0 Å². The molecule has 0 aliphatic heterocycles. The predicted octanol–water partition coefficient (Wildman–Crippen LogP) is 3.63. The number of hydrogen-bond acceptors (Lipinski definition) is 1. The third kappa shape index (κ3) is 7.17. The summed E-state index contributed by atoms with van der Waals surface area (Å²) in [5.41, 5.74) is 0. The Kier molecular flexibility index (Phi) is 6.90. The van der Waals surface area contributed by atoms with Gasteiger partial charge in [0.1, 0.15) is 0 Å². The molecule has 11 heavy (non-hydrogen) atoms. The van der Waals surface area contributed by atoms with E-state index in [0.717, 1.165) is 12.2 Å². The standard InChI is InChI=1S/C10H18O/c1-4-6-7-8-9-10(3)11-5-2/h5H,2-4,6-9H2,1H3. The molecule has 0 rings (SSSR count). The molecule has 0 atom stereocenters. The molecular formula is C10H18O. The van der Waals surface area contributed by atoms with Gasteiger partial charge in [0.15, 0.2) is 0 Å². The van der Waals surface area contributed by atoms with Crippen molar-refractivity contribution in [2.75, 3.05) is 0 Å². The number of unbranched alkanes of at least 4 members (excludes halogenated alkanes) is 3. The first kappa shape index (κ1) is 10.3. The van der Waals surface area contributed by atoms with Gasteiger partial charge in [0, 0.05) is 6.42 Å². The first-order valence-electron chi connectivity index (χ1n) is 4.26. The van der Waals surface area contributed by atoms with E-state index in [1.807, 2.05) is 0 Å². The lowest BCUT2D eigenvalue weighted by molar-refractivity contribution is 0.332. The van der Waals surface area contributed by atoms with E-state index in [4.69, 9.17) is 4.74 Å². The fraction of sp³-hybridized carbons (Fsp3) is 0.600. The smallest absolute Gasteiger partial charge is 0.0960 e. The molecule has 1 nitrogen and oxygen atoms in total. The van der Waals surface area contributed by atoms with Crippen molar-refractivity contribution in [2.24, 2.45) is 0 Å². The molecule has 0 bridgehead atoms. The highest BCUT2D eigenvalue weighted by atomic mass is 16.5. The highest BCUT2D eigenvalue weighted by Crippen LogP contribution is 2.09. The van der Waals surface area contributed by atoms with Gasteiger partial charge in [0.05, 0.1) is 12.0 Å². The lowest BCUT2D eigenvalue weighted by Crippen LogP contribution is -1.83. The molecule has 0 aromatic carbocycles. The van der Waals surface area contributed by atoms with Gasteiger partial charge in [-0.05, 0) is 6.42 Å². The molecule has 0 aliphatic carbocycles. The molecule has 0 fully saturated rings. The van der Waals surface area contributed by atoms with E-state index >= 15 is 0 Å². The van der Waals surface area contributed by atoms with Crippen LogP contribution in [0.1, 0.15) is 39.0 Å². The van der Waals surface area contributed by atoms with Crippen molar-refractivity contribution in [1.29, 1.82) is 0 Å². The molecule has 0 N–H and O–H groups in total. The Morgan fingerprint density at radius 3 is 2.64 bits per heavy atom. The molecule has 1 heteroatoms. The third-order valence-corrected chi connectivity index (χ3v) is 1.56. The molecule has 0 amide bonds. The fourth-order valence-corrected chi connectivity index (χ4v) is 0.926. The van der Waals surface area contributed by atoms with Crippen LogP contribution in [0.5, 0.6) is 0 Å². The summed E-state index contributed by atoms with van der Waals surface area (Å²) < 4.78 is 4.99. The molecular weight excluding hydrogens is 136 g/mol. The Labute approximate surface area is 69.8 Å². The van der Waals surface area contributed by atoms with E-state index in [1.165, 1.54) is 31.9 Å². The zero-order valence-corrected chi connectivity index (χ0v) is 7.44. The van der Waals surface area contributed by atoms with E-state index in [2.05, 4.69) is 20.1 Å². The van der Waals surface area contributed by atoms with E-state index in [-0.39, 0.29) is 0 Å². The zero-order valence-electron chi connectivity index (χ0n) is 7.44. The number of allylic oxidation sites excluding steroid dienone is 1. The van der Waals surface area contributed by atoms with Crippen LogP contribution in [0.25, 0.3) is 0 Å². The zero-order chi connectivity index (χ0) is 8.53. The normalized spacial score (nSPS) is 9.18. The summed E-state index contributed by atoms with van der Waals surface area (Å²) in [6.07, 6.45) is 7.43. The molecule has 0 aliphatic rings. The molecule has 0 unspecified atom stereocenters. The Morgan fingerprint density at radius 1 is 1.36 bits per heavy atom. The number of ether oxygens (including phenoxy) is 1. The van der Waals surface area contributed by atoms with E-state index in [1.54, 1.807) is 0 Å². The summed E-state index contributed by atoms with van der Waals surface area (Å²) in [6, 6.07) is 0. The lowest BCUT2D eigenvalue weighted by Gasteiger charge is -2.02. The molecule has 64 valence electrons. The second-order valence-corrected chi connectivity index (χ2v) is 2.63. The highest BCUT2D eigenvalue weighted by molar-refractivity contribution is 4.84. The Morgan fingerprint density at radius 2 is 2.09 bits per heavy atom. The minimum atomic E-state index is 0.830. The van der Waals surface area contributed by atoms with E-state index in [0.29, 0.717) is 0 Å². The molecule has 0 aromatic heterocycles. The van der Waals surface area contributed by atoms with Gasteiger partial charge >= 0.3 is 0 Å². The lowest BCUT2D eigenvalue weighted by atomic mass is 10.1. The fourth-order valence-electron chi connectivity index (χ4n) is 0.926. The summed E-state index contributed by atoms with van der Waals surface area (Å²) in [5, 5.41) is 0. The topological polar surface area (TPSA) is 9.23 Å². The maximum atomic E-state index is 4.99. The van der Waals surface area contributed by atoms with Crippen LogP contribution >= 0.6 is 0 Å². The largest absolute Gasteiger partial charge is 0.471 e. The van der Waals surface area contributed by atoms with Crippen molar-refractivity contribution in [2.45, 2.75) is 39.0 Å². The summed E-state index contributed by atoms with van der Waals surface area (Å²) >= 11 is 0. The second-order valence-electron chi connectivity index (χ2n) is 2.63. The maximum Gasteiger partial charge on any atom is 0.0960 e. The Balaban J connectivity index is 3.10. The van der Waals surface area contributed by atoms with Crippen molar-refractivity contribution in [3.8, 4) is 0 Å². The SMILES string of the molecule is C=COC(=C)CCCCCC. The quantitative estimate of drug-likeness (QED) is 0.402. The predicted molar refractivity (Wildman–Crippen MR) is 49.2 cm³/mol. The van der Waals surface area contributed by atoms with Crippen LogP contribution in [-0.4, -0.2) is 0 Å². The molecule has 0 saturated heterocycles. The van der Waals surface area contributed by atoms with Crippen molar-refractivity contribution in [1.82, 2.24) is 0 Å². The van der Waals surface area contributed by atoms with Crippen molar-refractivity contribution >= 4 is 0 Å². The average Bonchev–Trinajstić information content (AvgIpc) is 1.99. The molecule has 0 spiro atoms. The van der Waals surface area contributed by atoms with Crippen LogP contribution in [0, 0.1) is 0 Å². The van der Waals surface area contributed by atoms with Gasteiger partial charge in [-0.2, -0.15) is 0 Å². The molecule has 0 aromatic rings. The van der Waals surface area contributed by atoms with Crippen LogP contribution in [0.4, 0.5) is 0 Å². The third-order valence-electron chi connectivity index (χ3n) is 1.56. The molecule has 0 heterocycles. The maximum absolute atomic E-state index is 4.99. The number of rotatable bonds is 7. The summed E-state index contributed by atoms with van der Waals surface area (Å²) in [6.45, 7) is 9.41. The van der Waals surface area contributed by atoms with Crippen molar-refractivity contribution in [3.63, 3.8) is 0 Å².